The van der Waals surface area contributed by atoms with E-state index >= 15 is 0 Å². The smallest absolute Gasteiger partial charge is 0.0417 e. The third kappa shape index (κ3) is 4.73. The van der Waals surface area contributed by atoms with Crippen molar-refractivity contribution in [2.75, 3.05) is 0 Å². The number of hydrogen-bond donors (Lipinski definition) is 1. The van der Waals surface area contributed by atoms with Gasteiger partial charge < -0.3 is 5.73 Å². The first kappa shape index (κ1) is 15.2. The van der Waals surface area contributed by atoms with Crippen LogP contribution in [0.1, 0.15) is 31.9 Å². The monoisotopic (exact) mass is 311 g/mol. The molecule has 4 heteroatoms. The first-order valence-electron chi connectivity index (χ1n) is 4.71. The summed E-state index contributed by atoms with van der Waals surface area (Å²) in [7, 11) is 0. The maximum Gasteiger partial charge on any atom is 0.0417 e. The van der Waals surface area contributed by atoms with E-state index < -0.39 is 0 Å². The Kier molecular flexibility index (Phi) is 6.85. The van der Waals surface area contributed by atoms with E-state index in [1.807, 2.05) is 18.2 Å². The summed E-state index contributed by atoms with van der Waals surface area (Å²) in [4.78, 5) is 0. The van der Waals surface area contributed by atoms with Gasteiger partial charge in [0.15, 0.2) is 0 Å². The van der Waals surface area contributed by atoms with E-state index in [0.29, 0.717) is 5.92 Å². The highest BCUT2D eigenvalue weighted by molar-refractivity contribution is 9.10. The van der Waals surface area contributed by atoms with Gasteiger partial charge in [-0.15, -0.1) is 12.4 Å². The highest BCUT2D eigenvalue weighted by atomic mass is 79.9. The van der Waals surface area contributed by atoms with E-state index in [9.17, 15) is 0 Å². The minimum absolute atomic E-state index is 0. The van der Waals surface area contributed by atoms with Gasteiger partial charge in [0.25, 0.3) is 0 Å². The van der Waals surface area contributed by atoms with E-state index in [0.717, 1.165) is 21.5 Å². The fraction of sp³-hybridized carbons (Fsp3) is 0.455. The molecule has 86 valence electrons. The number of halogens is 3. The van der Waals surface area contributed by atoms with Gasteiger partial charge in [0.1, 0.15) is 0 Å². The molecule has 0 aliphatic carbocycles. The van der Waals surface area contributed by atoms with Crippen LogP contribution in [0.15, 0.2) is 22.7 Å². The van der Waals surface area contributed by atoms with Crippen LogP contribution in [0.3, 0.4) is 0 Å². The van der Waals surface area contributed by atoms with Crippen molar-refractivity contribution in [1.82, 2.24) is 0 Å². The van der Waals surface area contributed by atoms with Crippen molar-refractivity contribution in [3.63, 3.8) is 0 Å². The average molecular weight is 313 g/mol. The lowest BCUT2D eigenvalue weighted by Crippen LogP contribution is -2.13. The van der Waals surface area contributed by atoms with Gasteiger partial charge in [-0.2, -0.15) is 0 Å². The Morgan fingerprint density at radius 1 is 1.40 bits per heavy atom. The van der Waals surface area contributed by atoms with Gasteiger partial charge in [-0.3, -0.25) is 0 Å². The molecule has 1 nitrogen and oxygen atoms in total. The van der Waals surface area contributed by atoms with Crippen LogP contribution in [0.4, 0.5) is 0 Å². The molecule has 0 amide bonds. The second kappa shape index (κ2) is 6.74. The number of hydrogen-bond acceptors (Lipinski definition) is 1. The third-order valence-corrected chi connectivity index (χ3v) is 3.01. The van der Waals surface area contributed by atoms with Crippen molar-refractivity contribution in [2.24, 2.45) is 11.7 Å². The molecule has 0 unspecified atom stereocenters. The Hall–Kier alpha value is 0.240. The topological polar surface area (TPSA) is 26.0 Å². The van der Waals surface area contributed by atoms with Crippen molar-refractivity contribution in [3.05, 3.63) is 33.3 Å². The van der Waals surface area contributed by atoms with Crippen LogP contribution in [0.25, 0.3) is 0 Å². The lowest BCUT2D eigenvalue weighted by atomic mass is 9.98. The molecule has 0 saturated heterocycles. The molecule has 0 aliphatic heterocycles. The molecule has 0 aliphatic rings. The Balaban J connectivity index is 0.00000196. The first-order valence-corrected chi connectivity index (χ1v) is 5.88. The zero-order valence-corrected chi connectivity index (χ0v) is 12.0. The van der Waals surface area contributed by atoms with Gasteiger partial charge in [-0.1, -0.05) is 47.4 Å². The summed E-state index contributed by atoms with van der Waals surface area (Å²) < 4.78 is 0.998. The average Bonchev–Trinajstić information content (AvgIpc) is 2.01. The summed E-state index contributed by atoms with van der Waals surface area (Å²) in [6.45, 7) is 4.34. The van der Waals surface area contributed by atoms with Crippen LogP contribution in [-0.4, -0.2) is 0 Å². The fourth-order valence-corrected chi connectivity index (χ4v) is 2.41. The third-order valence-electron chi connectivity index (χ3n) is 2.09. The van der Waals surface area contributed by atoms with Crippen molar-refractivity contribution in [2.45, 2.75) is 26.3 Å². The molecule has 0 heterocycles. The van der Waals surface area contributed by atoms with Crippen LogP contribution in [-0.2, 0) is 0 Å². The van der Waals surface area contributed by atoms with E-state index in [4.69, 9.17) is 17.3 Å². The molecule has 0 saturated carbocycles. The molecular formula is C11H16BrCl2N. The highest BCUT2D eigenvalue weighted by Crippen LogP contribution is 2.28. The summed E-state index contributed by atoms with van der Waals surface area (Å²) >= 11 is 9.33. The molecule has 0 radical (unpaired) electrons. The summed E-state index contributed by atoms with van der Waals surface area (Å²) in [5.74, 6) is 0.604. The molecule has 1 aromatic rings. The summed E-state index contributed by atoms with van der Waals surface area (Å²) in [5.41, 5.74) is 7.20. The Morgan fingerprint density at radius 3 is 2.47 bits per heavy atom. The molecule has 15 heavy (non-hydrogen) atoms. The van der Waals surface area contributed by atoms with Gasteiger partial charge >= 0.3 is 0 Å². The molecule has 0 bridgehead atoms. The standard InChI is InChI=1S/C11H15BrClN.ClH/c1-7(2)5-11(14)9-4-3-8(13)6-10(9)12;/h3-4,6-7,11H,5,14H2,1-2H3;1H/t11-;/m1./s1. The molecule has 0 spiro atoms. The summed E-state index contributed by atoms with van der Waals surface area (Å²) in [6.07, 6.45) is 0.986. The van der Waals surface area contributed by atoms with Gasteiger partial charge in [0.05, 0.1) is 0 Å². The fourth-order valence-electron chi connectivity index (χ4n) is 1.44. The Labute approximate surface area is 111 Å². The lowest BCUT2D eigenvalue weighted by Gasteiger charge is -2.16. The zero-order valence-electron chi connectivity index (χ0n) is 8.84. The SMILES string of the molecule is CC(C)C[C@@H](N)c1ccc(Cl)cc1Br.Cl. The quantitative estimate of drug-likeness (QED) is 0.869. The van der Waals surface area contributed by atoms with Crippen molar-refractivity contribution >= 4 is 39.9 Å². The van der Waals surface area contributed by atoms with Gasteiger partial charge in [-0.05, 0) is 30.0 Å². The molecule has 1 rings (SSSR count). The van der Waals surface area contributed by atoms with Gasteiger partial charge in [0.2, 0.25) is 0 Å². The molecule has 1 atom stereocenters. The zero-order chi connectivity index (χ0) is 10.7. The summed E-state index contributed by atoms with van der Waals surface area (Å²) in [5, 5.41) is 0.734. The molecule has 1 aromatic carbocycles. The molecule has 2 N–H and O–H groups in total. The van der Waals surface area contributed by atoms with Gasteiger partial charge in [0, 0.05) is 15.5 Å². The maximum atomic E-state index is 6.07. The normalized spacial score (nSPS) is 12.4. The predicted octanol–water partition coefficient (Wildman–Crippen LogP) is 4.57. The first-order chi connectivity index (χ1) is 6.50. The van der Waals surface area contributed by atoms with Crippen molar-refractivity contribution < 1.29 is 0 Å². The second-order valence-electron chi connectivity index (χ2n) is 3.90. The van der Waals surface area contributed by atoms with Crippen molar-refractivity contribution in [1.29, 1.82) is 0 Å². The molecular weight excluding hydrogens is 297 g/mol. The second-order valence-corrected chi connectivity index (χ2v) is 5.19. The van der Waals surface area contributed by atoms with Crippen LogP contribution < -0.4 is 5.73 Å². The lowest BCUT2D eigenvalue weighted by molar-refractivity contribution is 0.509. The Morgan fingerprint density at radius 2 is 2.00 bits per heavy atom. The van der Waals surface area contributed by atoms with Crippen LogP contribution in [0, 0.1) is 5.92 Å². The maximum absolute atomic E-state index is 6.07. The Bertz CT molecular complexity index is 315. The van der Waals surface area contributed by atoms with Crippen LogP contribution in [0.2, 0.25) is 5.02 Å². The van der Waals surface area contributed by atoms with E-state index in [-0.39, 0.29) is 18.4 Å². The van der Waals surface area contributed by atoms with Gasteiger partial charge in [-0.25, -0.2) is 0 Å². The summed E-state index contributed by atoms with van der Waals surface area (Å²) in [6, 6.07) is 5.83. The number of rotatable bonds is 3. The van der Waals surface area contributed by atoms with Crippen molar-refractivity contribution in [3.8, 4) is 0 Å². The number of nitrogens with two attached hydrogens (primary N) is 1. The van der Waals surface area contributed by atoms with E-state index in [1.54, 1.807) is 0 Å². The van der Waals surface area contributed by atoms with E-state index in [1.165, 1.54) is 0 Å². The van der Waals surface area contributed by atoms with E-state index in [2.05, 4.69) is 29.8 Å². The van der Waals surface area contributed by atoms with Crippen LogP contribution in [0.5, 0.6) is 0 Å². The molecule has 0 fully saturated rings. The highest BCUT2D eigenvalue weighted by Gasteiger charge is 2.11. The molecule has 0 aromatic heterocycles. The number of benzene rings is 1. The predicted molar refractivity (Wildman–Crippen MR) is 72.8 cm³/mol. The minimum Gasteiger partial charge on any atom is -0.324 e. The van der Waals surface area contributed by atoms with Crippen LogP contribution >= 0.6 is 39.9 Å². The minimum atomic E-state index is 0. The largest absolute Gasteiger partial charge is 0.324 e.